The molecule has 4 heteroatoms. The van der Waals surface area contributed by atoms with Crippen LogP contribution in [0, 0.1) is 0 Å². The summed E-state index contributed by atoms with van der Waals surface area (Å²) in [5.74, 6) is 1.68. The van der Waals surface area contributed by atoms with Crippen molar-refractivity contribution in [1.82, 2.24) is 9.55 Å². The number of aromatic nitrogens is 2. The molecule has 102 valence electrons. The molecular weight excluding hydrogens is 260 g/mol. The maximum absolute atomic E-state index is 5.89. The van der Waals surface area contributed by atoms with Crippen molar-refractivity contribution < 1.29 is 4.74 Å². The molecule has 2 heterocycles. The molecule has 1 aromatic carbocycles. The Labute approximate surface area is 118 Å². The molecule has 0 saturated carbocycles. The lowest BCUT2D eigenvalue weighted by atomic mass is 10.1. The number of aryl methyl sites for hydroxylation is 1. The Hall–Kier alpha value is -1.06. The SMILES string of the molecule is ClCCc1nc2ccccc2n1CC1CCCCO1. The second-order valence-electron chi connectivity index (χ2n) is 5.05. The Balaban J connectivity index is 1.92. The molecule has 1 atom stereocenters. The molecule has 0 spiro atoms. The van der Waals surface area contributed by atoms with Crippen molar-refractivity contribution in [2.24, 2.45) is 0 Å². The van der Waals surface area contributed by atoms with Gasteiger partial charge in [-0.25, -0.2) is 4.98 Å². The predicted molar refractivity (Wildman–Crippen MR) is 77.7 cm³/mol. The third-order valence-electron chi connectivity index (χ3n) is 3.71. The highest BCUT2D eigenvalue weighted by Gasteiger charge is 2.18. The summed E-state index contributed by atoms with van der Waals surface area (Å²) < 4.78 is 8.14. The van der Waals surface area contributed by atoms with E-state index in [0.717, 1.165) is 37.3 Å². The maximum atomic E-state index is 5.89. The molecule has 1 saturated heterocycles. The Bertz CT molecular complexity index is 546. The largest absolute Gasteiger partial charge is 0.376 e. The Morgan fingerprint density at radius 2 is 2.21 bits per heavy atom. The van der Waals surface area contributed by atoms with Crippen LogP contribution in [0.15, 0.2) is 24.3 Å². The van der Waals surface area contributed by atoms with Gasteiger partial charge in [0.05, 0.1) is 23.7 Å². The van der Waals surface area contributed by atoms with E-state index >= 15 is 0 Å². The number of hydrogen-bond donors (Lipinski definition) is 0. The maximum Gasteiger partial charge on any atom is 0.111 e. The lowest BCUT2D eigenvalue weighted by Gasteiger charge is -2.24. The van der Waals surface area contributed by atoms with Crippen molar-refractivity contribution in [2.75, 3.05) is 12.5 Å². The number of imidazole rings is 1. The second kappa shape index (κ2) is 5.93. The van der Waals surface area contributed by atoms with Gasteiger partial charge in [0.25, 0.3) is 0 Å². The lowest BCUT2D eigenvalue weighted by molar-refractivity contribution is 0.00621. The fourth-order valence-corrected chi connectivity index (χ4v) is 2.93. The number of para-hydroxylation sites is 2. The standard InChI is InChI=1S/C15H19ClN2O/c16-9-8-15-17-13-6-1-2-7-14(13)18(15)11-12-5-3-4-10-19-12/h1-2,6-7,12H,3-5,8-11H2. The molecule has 1 fully saturated rings. The Kier molecular flexibility index (Phi) is 4.04. The van der Waals surface area contributed by atoms with Crippen LogP contribution in [0.1, 0.15) is 25.1 Å². The van der Waals surface area contributed by atoms with Gasteiger partial charge in [-0.05, 0) is 31.4 Å². The summed E-state index contributed by atoms with van der Waals surface area (Å²) in [5.41, 5.74) is 2.25. The summed E-state index contributed by atoms with van der Waals surface area (Å²) in [6.45, 7) is 1.79. The monoisotopic (exact) mass is 278 g/mol. The predicted octanol–water partition coefficient (Wildman–Crippen LogP) is 3.39. The van der Waals surface area contributed by atoms with Crippen molar-refractivity contribution >= 4 is 22.6 Å². The van der Waals surface area contributed by atoms with E-state index in [9.17, 15) is 0 Å². The van der Waals surface area contributed by atoms with E-state index in [1.54, 1.807) is 0 Å². The third kappa shape index (κ3) is 2.77. The van der Waals surface area contributed by atoms with Crippen LogP contribution >= 0.6 is 11.6 Å². The van der Waals surface area contributed by atoms with Gasteiger partial charge >= 0.3 is 0 Å². The van der Waals surface area contributed by atoms with Crippen molar-refractivity contribution in [1.29, 1.82) is 0 Å². The highest BCUT2D eigenvalue weighted by atomic mass is 35.5. The Morgan fingerprint density at radius 3 is 3.00 bits per heavy atom. The van der Waals surface area contributed by atoms with Crippen molar-refractivity contribution in [3.63, 3.8) is 0 Å². The molecular formula is C15H19ClN2O. The molecule has 3 rings (SSSR count). The van der Waals surface area contributed by atoms with Crippen molar-refractivity contribution in [3.05, 3.63) is 30.1 Å². The molecule has 2 aromatic rings. The zero-order valence-electron chi connectivity index (χ0n) is 11.0. The molecule has 0 bridgehead atoms. The van der Waals surface area contributed by atoms with Gasteiger partial charge in [-0.1, -0.05) is 12.1 Å². The van der Waals surface area contributed by atoms with Gasteiger partial charge in [0.1, 0.15) is 5.82 Å². The van der Waals surface area contributed by atoms with Gasteiger partial charge in [0.2, 0.25) is 0 Å². The average Bonchev–Trinajstić information content (AvgIpc) is 2.79. The molecule has 3 nitrogen and oxygen atoms in total. The molecule has 1 aromatic heterocycles. The van der Waals surface area contributed by atoms with Gasteiger partial charge in [-0.3, -0.25) is 0 Å². The normalized spacial score (nSPS) is 19.9. The molecule has 0 N–H and O–H groups in total. The van der Waals surface area contributed by atoms with Gasteiger partial charge < -0.3 is 9.30 Å². The minimum absolute atomic E-state index is 0.320. The van der Waals surface area contributed by atoms with Crippen LogP contribution in [-0.2, 0) is 17.7 Å². The first-order chi connectivity index (χ1) is 9.38. The van der Waals surface area contributed by atoms with Crippen LogP contribution in [0.5, 0.6) is 0 Å². The Morgan fingerprint density at radius 1 is 1.32 bits per heavy atom. The summed E-state index contributed by atoms with van der Waals surface area (Å²) in [4.78, 5) is 4.69. The summed E-state index contributed by atoms with van der Waals surface area (Å²) in [6.07, 6.45) is 4.73. The number of halogens is 1. The van der Waals surface area contributed by atoms with Gasteiger partial charge in [-0.2, -0.15) is 0 Å². The minimum Gasteiger partial charge on any atom is -0.376 e. The number of hydrogen-bond acceptors (Lipinski definition) is 2. The molecule has 1 aliphatic heterocycles. The summed E-state index contributed by atoms with van der Waals surface area (Å²) in [5, 5.41) is 0. The van der Waals surface area contributed by atoms with Crippen LogP contribution in [0.3, 0.4) is 0 Å². The summed E-state index contributed by atoms with van der Waals surface area (Å²) in [6, 6.07) is 8.28. The molecule has 0 aliphatic carbocycles. The van der Waals surface area contributed by atoms with Crippen LogP contribution in [0.25, 0.3) is 11.0 Å². The van der Waals surface area contributed by atoms with E-state index in [1.807, 2.05) is 6.07 Å². The number of alkyl halides is 1. The average molecular weight is 279 g/mol. The highest BCUT2D eigenvalue weighted by molar-refractivity contribution is 6.17. The fraction of sp³-hybridized carbons (Fsp3) is 0.533. The number of benzene rings is 1. The first-order valence-corrected chi connectivity index (χ1v) is 7.53. The van der Waals surface area contributed by atoms with Gasteiger partial charge in [0.15, 0.2) is 0 Å². The van der Waals surface area contributed by atoms with Crippen molar-refractivity contribution in [2.45, 2.75) is 38.3 Å². The van der Waals surface area contributed by atoms with E-state index in [-0.39, 0.29) is 0 Å². The number of nitrogens with zero attached hydrogens (tertiary/aromatic N) is 2. The van der Waals surface area contributed by atoms with E-state index in [4.69, 9.17) is 21.3 Å². The van der Waals surface area contributed by atoms with E-state index < -0.39 is 0 Å². The van der Waals surface area contributed by atoms with Gasteiger partial charge in [0, 0.05) is 18.9 Å². The van der Waals surface area contributed by atoms with E-state index in [0.29, 0.717) is 12.0 Å². The first-order valence-electron chi connectivity index (χ1n) is 7.00. The fourth-order valence-electron chi connectivity index (χ4n) is 2.76. The summed E-state index contributed by atoms with van der Waals surface area (Å²) in [7, 11) is 0. The molecule has 1 aliphatic rings. The van der Waals surface area contributed by atoms with Crippen LogP contribution in [0.4, 0.5) is 0 Å². The number of rotatable bonds is 4. The minimum atomic E-state index is 0.320. The lowest BCUT2D eigenvalue weighted by Crippen LogP contribution is -2.25. The van der Waals surface area contributed by atoms with Crippen LogP contribution in [0.2, 0.25) is 0 Å². The van der Waals surface area contributed by atoms with E-state index in [2.05, 4.69) is 22.8 Å². The second-order valence-corrected chi connectivity index (χ2v) is 5.43. The number of ether oxygens (including phenoxy) is 1. The zero-order valence-corrected chi connectivity index (χ0v) is 11.8. The highest BCUT2D eigenvalue weighted by Crippen LogP contribution is 2.21. The summed E-state index contributed by atoms with van der Waals surface area (Å²) >= 11 is 5.89. The smallest absolute Gasteiger partial charge is 0.111 e. The molecule has 19 heavy (non-hydrogen) atoms. The van der Waals surface area contributed by atoms with Gasteiger partial charge in [-0.15, -0.1) is 11.6 Å². The molecule has 0 radical (unpaired) electrons. The van der Waals surface area contributed by atoms with Crippen LogP contribution in [-0.4, -0.2) is 28.1 Å². The zero-order chi connectivity index (χ0) is 13.1. The molecule has 0 amide bonds. The van der Waals surface area contributed by atoms with E-state index in [1.165, 1.54) is 18.4 Å². The first kappa shape index (κ1) is 12.9. The van der Waals surface area contributed by atoms with Crippen LogP contribution < -0.4 is 0 Å². The van der Waals surface area contributed by atoms with Crippen molar-refractivity contribution in [3.8, 4) is 0 Å². The third-order valence-corrected chi connectivity index (χ3v) is 3.90. The number of fused-ring (bicyclic) bond motifs is 1. The molecule has 1 unspecified atom stereocenters. The topological polar surface area (TPSA) is 27.1 Å². The quantitative estimate of drug-likeness (QED) is 0.802.